The van der Waals surface area contributed by atoms with Crippen molar-refractivity contribution in [2.45, 2.75) is 53.9 Å². The molecule has 3 nitrogen and oxygen atoms in total. The average molecular weight is 351 g/mol. The maximum atomic E-state index is 12.0. The molecule has 26 heavy (non-hydrogen) atoms. The first-order chi connectivity index (χ1) is 12.3. The lowest BCUT2D eigenvalue weighted by Crippen LogP contribution is -2.19. The minimum atomic E-state index is -0.0906. The van der Waals surface area contributed by atoms with Gasteiger partial charge in [0.1, 0.15) is 6.33 Å². The van der Waals surface area contributed by atoms with Crippen molar-refractivity contribution in [1.29, 1.82) is 0 Å². The Balaban J connectivity index is 2.01. The number of carbonyl (C=O) groups is 1. The molecular formula is C23H30N2O. The summed E-state index contributed by atoms with van der Waals surface area (Å²) in [5.41, 5.74) is 5.35. The predicted octanol–water partition coefficient (Wildman–Crippen LogP) is 6.05. The molecule has 0 aromatic carbocycles. The third kappa shape index (κ3) is 5.55. The number of carbonyl (C=O) groups excluding carboxylic acids is 1. The summed E-state index contributed by atoms with van der Waals surface area (Å²) >= 11 is 0. The summed E-state index contributed by atoms with van der Waals surface area (Å²) in [5, 5.41) is 0. The minimum absolute atomic E-state index is 0.0906. The van der Waals surface area contributed by atoms with E-state index in [1.807, 2.05) is 19.1 Å². The van der Waals surface area contributed by atoms with Crippen LogP contribution in [0.1, 0.15) is 58.7 Å². The van der Waals surface area contributed by atoms with Gasteiger partial charge >= 0.3 is 0 Å². The normalized spacial score (nSPS) is 19.0. The fourth-order valence-corrected chi connectivity index (χ4v) is 3.34. The second-order valence-electron chi connectivity index (χ2n) is 7.73. The summed E-state index contributed by atoms with van der Waals surface area (Å²) in [6, 6.07) is 0. The van der Waals surface area contributed by atoms with E-state index in [1.54, 1.807) is 18.5 Å². The molecule has 1 aliphatic rings. The third-order valence-electron chi connectivity index (χ3n) is 4.88. The van der Waals surface area contributed by atoms with Gasteiger partial charge in [-0.1, -0.05) is 55.4 Å². The maximum absolute atomic E-state index is 12.0. The van der Waals surface area contributed by atoms with Gasteiger partial charge in [-0.3, -0.25) is 9.36 Å². The molecular weight excluding hydrogens is 320 g/mol. The van der Waals surface area contributed by atoms with Gasteiger partial charge in [-0.15, -0.1) is 0 Å². The van der Waals surface area contributed by atoms with E-state index in [9.17, 15) is 4.79 Å². The van der Waals surface area contributed by atoms with Gasteiger partial charge in [0.25, 0.3) is 5.91 Å². The molecule has 0 amide bonds. The van der Waals surface area contributed by atoms with Crippen molar-refractivity contribution in [1.82, 2.24) is 9.55 Å². The van der Waals surface area contributed by atoms with E-state index in [0.717, 1.165) is 5.57 Å². The molecule has 0 unspecified atom stereocenters. The first-order valence-electron chi connectivity index (χ1n) is 9.23. The minimum Gasteiger partial charge on any atom is -0.273 e. The van der Waals surface area contributed by atoms with Crippen molar-refractivity contribution in [3.8, 4) is 0 Å². The molecule has 0 spiro atoms. The molecule has 138 valence electrons. The topological polar surface area (TPSA) is 34.9 Å². The molecule has 1 aromatic rings. The number of allylic oxidation sites excluding steroid dienone is 10. The van der Waals surface area contributed by atoms with Crippen molar-refractivity contribution in [2.24, 2.45) is 5.41 Å². The van der Waals surface area contributed by atoms with Crippen LogP contribution in [0.2, 0.25) is 0 Å². The van der Waals surface area contributed by atoms with Gasteiger partial charge in [0, 0.05) is 18.5 Å². The summed E-state index contributed by atoms with van der Waals surface area (Å²) in [6.45, 7) is 10.9. The zero-order valence-electron chi connectivity index (χ0n) is 16.6. The van der Waals surface area contributed by atoms with Crippen molar-refractivity contribution >= 4 is 5.91 Å². The van der Waals surface area contributed by atoms with E-state index < -0.39 is 0 Å². The predicted molar refractivity (Wildman–Crippen MR) is 109 cm³/mol. The molecule has 0 saturated carbocycles. The van der Waals surface area contributed by atoms with Crippen molar-refractivity contribution < 1.29 is 4.79 Å². The quantitative estimate of drug-likeness (QED) is 0.478. The molecule has 0 atom stereocenters. The number of hydrogen-bond acceptors (Lipinski definition) is 2. The molecule has 0 bridgehead atoms. The highest BCUT2D eigenvalue weighted by Gasteiger charge is 2.26. The standard InChI is InChI=1S/C23H30N2O/c1-18(11-12-21-20(3)10-7-13-23(21,4)5)8-6-9-19(2)16-22(26)25-15-14-24-17-25/h6,8-9,11-12,14-17H,7,10,13H2,1-5H3/b9-6+,12-11+,18-8-,19-16+. The fourth-order valence-electron chi connectivity index (χ4n) is 3.34. The molecule has 3 heteroatoms. The SMILES string of the molecule is CC1=C(/C=C/C(C)=C\C=C\C(C)=C\C(=O)n2ccnc2)C(C)(C)CCC1. The highest BCUT2D eigenvalue weighted by molar-refractivity contribution is 5.90. The monoisotopic (exact) mass is 350 g/mol. The molecule has 0 saturated heterocycles. The Bertz CT molecular complexity index is 784. The van der Waals surface area contributed by atoms with Crippen LogP contribution in [-0.2, 0) is 0 Å². The van der Waals surface area contributed by atoms with Crippen LogP contribution in [0.4, 0.5) is 0 Å². The highest BCUT2D eigenvalue weighted by Crippen LogP contribution is 2.40. The zero-order valence-corrected chi connectivity index (χ0v) is 16.6. The lowest BCUT2D eigenvalue weighted by atomic mass is 9.72. The summed E-state index contributed by atoms with van der Waals surface area (Å²) in [4.78, 5) is 15.8. The largest absolute Gasteiger partial charge is 0.273 e. The van der Waals surface area contributed by atoms with Crippen molar-refractivity contribution in [3.05, 3.63) is 77.5 Å². The Morgan fingerprint density at radius 1 is 1.23 bits per heavy atom. The second-order valence-corrected chi connectivity index (χ2v) is 7.73. The Morgan fingerprint density at radius 3 is 2.65 bits per heavy atom. The summed E-state index contributed by atoms with van der Waals surface area (Å²) in [7, 11) is 0. The first kappa shape index (κ1) is 19.9. The smallest absolute Gasteiger partial charge is 0.256 e. The molecule has 1 aliphatic carbocycles. The highest BCUT2D eigenvalue weighted by atomic mass is 16.1. The zero-order chi connectivity index (χ0) is 19.2. The van der Waals surface area contributed by atoms with Crippen molar-refractivity contribution in [2.75, 3.05) is 0 Å². The van der Waals surface area contributed by atoms with Crippen molar-refractivity contribution in [3.63, 3.8) is 0 Å². The number of aromatic nitrogens is 2. The van der Waals surface area contributed by atoms with Gasteiger partial charge in [0.05, 0.1) is 0 Å². The Hall–Kier alpha value is -2.42. The maximum Gasteiger partial charge on any atom is 0.256 e. The van der Waals surface area contributed by atoms with Crippen LogP contribution in [0.15, 0.2) is 77.5 Å². The Morgan fingerprint density at radius 2 is 2.00 bits per heavy atom. The van der Waals surface area contributed by atoms with Crippen LogP contribution in [0.3, 0.4) is 0 Å². The second kappa shape index (κ2) is 8.79. The summed E-state index contributed by atoms with van der Waals surface area (Å²) in [6.07, 6.45) is 20.6. The van der Waals surface area contributed by atoms with Gasteiger partial charge in [-0.25, -0.2) is 4.98 Å². The van der Waals surface area contributed by atoms with E-state index in [2.05, 4.69) is 50.9 Å². The lowest BCUT2D eigenvalue weighted by Gasteiger charge is -2.32. The first-order valence-corrected chi connectivity index (χ1v) is 9.23. The van der Waals surface area contributed by atoms with Gasteiger partial charge in [0.15, 0.2) is 0 Å². The van der Waals surface area contributed by atoms with Crippen LogP contribution in [0.5, 0.6) is 0 Å². The van der Waals surface area contributed by atoms with Crippen LogP contribution in [0.25, 0.3) is 0 Å². The lowest BCUT2D eigenvalue weighted by molar-refractivity contribution is 0.0968. The van der Waals surface area contributed by atoms with E-state index in [4.69, 9.17) is 0 Å². The Labute approximate surface area is 157 Å². The number of imidazole rings is 1. The molecule has 2 rings (SSSR count). The van der Waals surface area contributed by atoms with Gasteiger partial charge in [-0.05, 0) is 56.6 Å². The number of hydrogen-bond donors (Lipinski definition) is 0. The average Bonchev–Trinajstić information content (AvgIpc) is 3.08. The fraction of sp³-hybridized carbons (Fsp3) is 0.391. The van der Waals surface area contributed by atoms with Gasteiger partial charge in [0.2, 0.25) is 0 Å². The van der Waals surface area contributed by atoms with Crippen LogP contribution in [-0.4, -0.2) is 15.5 Å². The van der Waals surface area contributed by atoms with Gasteiger partial charge < -0.3 is 0 Å². The van der Waals surface area contributed by atoms with Crippen LogP contribution < -0.4 is 0 Å². The molecule has 0 radical (unpaired) electrons. The van der Waals surface area contributed by atoms with E-state index >= 15 is 0 Å². The molecule has 1 heterocycles. The Kier molecular flexibility index (Phi) is 6.73. The van der Waals surface area contributed by atoms with E-state index in [0.29, 0.717) is 0 Å². The molecule has 0 aliphatic heterocycles. The van der Waals surface area contributed by atoms with Crippen LogP contribution >= 0.6 is 0 Å². The summed E-state index contributed by atoms with van der Waals surface area (Å²) in [5.74, 6) is -0.0906. The molecule has 1 aromatic heterocycles. The van der Waals surface area contributed by atoms with E-state index in [1.165, 1.54) is 46.9 Å². The third-order valence-corrected chi connectivity index (χ3v) is 4.88. The molecule has 0 fully saturated rings. The molecule has 0 N–H and O–H groups in total. The summed E-state index contributed by atoms with van der Waals surface area (Å²) < 4.78 is 1.46. The van der Waals surface area contributed by atoms with Crippen LogP contribution in [0, 0.1) is 5.41 Å². The van der Waals surface area contributed by atoms with Gasteiger partial charge in [-0.2, -0.15) is 0 Å². The number of rotatable bonds is 5. The van der Waals surface area contributed by atoms with E-state index in [-0.39, 0.29) is 11.3 Å². The number of nitrogens with zero attached hydrogens (tertiary/aromatic N) is 2.